The highest BCUT2D eigenvalue weighted by atomic mass is 35.5. The number of hydrogen-bond acceptors (Lipinski definition) is 4. The van der Waals surface area contributed by atoms with Crippen LogP contribution < -0.4 is 14.8 Å². The van der Waals surface area contributed by atoms with Gasteiger partial charge >= 0.3 is 0 Å². The van der Waals surface area contributed by atoms with Crippen LogP contribution in [0, 0.1) is 0 Å². The molecule has 140 valence electrons. The molecule has 1 saturated heterocycles. The van der Waals surface area contributed by atoms with E-state index in [1.54, 1.807) is 19.2 Å². The number of ether oxygens (including phenoxy) is 3. The SMILES string of the molecule is COc1cc(CNC[C@@H]2CCCO2)ccc1OCc1ccc(Cl)c(Cl)c1. The normalized spacial score (nSPS) is 16.7. The number of benzene rings is 2. The zero-order valence-electron chi connectivity index (χ0n) is 14.8. The van der Waals surface area contributed by atoms with Crippen LogP contribution >= 0.6 is 23.2 Å². The third-order valence-corrected chi connectivity index (χ3v) is 5.07. The molecule has 0 amide bonds. The van der Waals surface area contributed by atoms with Gasteiger partial charge in [0.05, 0.1) is 23.3 Å². The maximum absolute atomic E-state index is 6.04. The smallest absolute Gasteiger partial charge is 0.161 e. The molecule has 0 aliphatic carbocycles. The van der Waals surface area contributed by atoms with Gasteiger partial charge in [0, 0.05) is 19.7 Å². The molecule has 0 saturated carbocycles. The Balaban J connectivity index is 1.56. The van der Waals surface area contributed by atoms with E-state index in [1.165, 1.54) is 0 Å². The quantitative estimate of drug-likeness (QED) is 0.693. The average molecular weight is 396 g/mol. The van der Waals surface area contributed by atoms with Crippen molar-refractivity contribution in [2.45, 2.75) is 32.1 Å². The van der Waals surface area contributed by atoms with Crippen molar-refractivity contribution in [3.8, 4) is 11.5 Å². The Morgan fingerprint density at radius 3 is 2.65 bits per heavy atom. The monoisotopic (exact) mass is 395 g/mol. The number of nitrogens with one attached hydrogen (secondary N) is 1. The lowest BCUT2D eigenvalue weighted by molar-refractivity contribution is 0.110. The van der Waals surface area contributed by atoms with Crippen LogP contribution in [0.15, 0.2) is 36.4 Å². The number of rotatable bonds is 8. The second kappa shape index (κ2) is 9.47. The molecule has 1 aliphatic heterocycles. The van der Waals surface area contributed by atoms with Gasteiger partial charge in [0.1, 0.15) is 6.61 Å². The summed E-state index contributed by atoms with van der Waals surface area (Å²) in [5.74, 6) is 1.41. The van der Waals surface area contributed by atoms with E-state index < -0.39 is 0 Å². The first kappa shape index (κ1) is 19.3. The fraction of sp³-hybridized carbons (Fsp3) is 0.400. The highest BCUT2D eigenvalue weighted by Gasteiger charge is 2.14. The van der Waals surface area contributed by atoms with Gasteiger partial charge in [-0.25, -0.2) is 0 Å². The fourth-order valence-corrected chi connectivity index (χ4v) is 3.24. The van der Waals surface area contributed by atoms with Gasteiger partial charge in [-0.15, -0.1) is 0 Å². The van der Waals surface area contributed by atoms with Crippen LogP contribution in [0.2, 0.25) is 10.0 Å². The molecular weight excluding hydrogens is 373 g/mol. The standard InChI is InChI=1S/C20H23Cl2NO3/c1-24-20-10-14(11-23-12-16-3-2-8-25-16)5-7-19(20)26-13-15-4-6-17(21)18(22)9-15/h4-7,9-10,16,23H,2-3,8,11-13H2,1H3/t16-/m0/s1. The van der Waals surface area contributed by atoms with Gasteiger partial charge in [-0.2, -0.15) is 0 Å². The van der Waals surface area contributed by atoms with Gasteiger partial charge in [0.2, 0.25) is 0 Å². The molecule has 6 heteroatoms. The topological polar surface area (TPSA) is 39.7 Å². The third kappa shape index (κ3) is 5.27. The number of methoxy groups -OCH3 is 1. The molecule has 1 N–H and O–H groups in total. The Kier molecular flexibility index (Phi) is 7.03. The predicted octanol–water partition coefficient (Wildman–Crippen LogP) is 4.85. The molecule has 26 heavy (non-hydrogen) atoms. The molecule has 2 aromatic carbocycles. The molecule has 0 radical (unpaired) electrons. The van der Waals surface area contributed by atoms with E-state index in [2.05, 4.69) is 5.32 Å². The lowest BCUT2D eigenvalue weighted by Gasteiger charge is -2.14. The van der Waals surface area contributed by atoms with Gasteiger partial charge in [-0.1, -0.05) is 35.3 Å². The predicted molar refractivity (Wildman–Crippen MR) is 104 cm³/mol. The third-order valence-electron chi connectivity index (χ3n) is 4.33. The Morgan fingerprint density at radius 2 is 1.92 bits per heavy atom. The molecular formula is C20H23Cl2NO3. The zero-order chi connectivity index (χ0) is 18.4. The number of halogens is 2. The van der Waals surface area contributed by atoms with E-state index in [9.17, 15) is 0 Å². The van der Waals surface area contributed by atoms with Gasteiger partial charge in [0.25, 0.3) is 0 Å². The molecule has 0 bridgehead atoms. The van der Waals surface area contributed by atoms with Crippen molar-refractivity contribution in [2.24, 2.45) is 0 Å². The zero-order valence-corrected chi connectivity index (χ0v) is 16.3. The van der Waals surface area contributed by atoms with Crippen LogP contribution in [0.1, 0.15) is 24.0 Å². The second-order valence-electron chi connectivity index (χ2n) is 6.29. The molecule has 0 aromatic heterocycles. The van der Waals surface area contributed by atoms with Crippen LogP contribution in [0.4, 0.5) is 0 Å². The first-order valence-electron chi connectivity index (χ1n) is 8.71. The maximum Gasteiger partial charge on any atom is 0.161 e. The summed E-state index contributed by atoms with van der Waals surface area (Å²) in [5, 5.41) is 4.49. The molecule has 3 rings (SSSR count). The van der Waals surface area contributed by atoms with Crippen LogP contribution in [0.25, 0.3) is 0 Å². The van der Waals surface area contributed by atoms with Crippen LogP contribution in [0.5, 0.6) is 11.5 Å². The van der Waals surface area contributed by atoms with E-state index >= 15 is 0 Å². The highest BCUT2D eigenvalue weighted by Crippen LogP contribution is 2.30. The summed E-state index contributed by atoms with van der Waals surface area (Å²) in [6.07, 6.45) is 2.63. The minimum absolute atomic E-state index is 0.339. The first-order chi connectivity index (χ1) is 12.7. The van der Waals surface area contributed by atoms with E-state index in [0.29, 0.717) is 34.3 Å². The van der Waals surface area contributed by atoms with E-state index in [-0.39, 0.29) is 0 Å². The number of hydrogen-bond donors (Lipinski definition) is 1. The Labute approximate surface area is 164 Å². The summed E-state index contributed by atoms with van der Waals surface area (Å²) in [6, 6.07) is 11.4. The minimum Gasteiger partial charge on any atom is -0.493 e. The lowest BCUT2D eigenvalue weighted by Crippen LogP contribution is -2.25. The van der Waals surface area contributed by atoms with Crippen molar-refractivity contribution < 1.29 is 14.2 Å². The van der Waals surface area contributed by atoms with Crippen molar-refractivity contribution >= 4 is 23.2 Å². The van der Waals surface area contributed by atoms with Gasteiger partial charge < -0.3 is 19.5 Å². The van der Waals surface area contributed by atoms with Crippen LogP contribution in [-0.2, 0) is 17.9 Å². The van der Waals surface area contributed by atoms with Gasteiger partial charge in [-0.3, -0.25) is 0 Å². The van der Waals surface area contributed by atoms with E-state index in [4.69, 9.17) is 37.4 Å². The Hall–Kier alpha value is -1.46. The molecule has 4 nitrogen and oxygen atoms in total. The molecule has 0 spiro atoms. The van der Waals surface area contributed by atoms with Gasteiger partial charge in [-0.05, 0) is 48.2 Å². The largest absolute Gasteiger partial charge is 0.493 e. The fourth-order valence-electron chi connectivity index (χ4n) is 2.91. The molecule has 1 fully saturated rings. The minimum atomic E-state index is 0.339. The Morgan fingerprint density at radius 1 is 1.08 bits per heavy atom. The average Bonchev–Trinajstić information content (AvgIpc) is 3.16. The van der Waals surface area contributed by atoms with Crippen molar-refractivity contribution in [1.29, 1.82) is 0 Å². The highest BCUT2D eigenvalue weighted by molar-refractivity contribution is 6.42. The van der Waals surface area contributed by atoms with E-state index in [1.807, 2.05) is 24.3 Å². The lowest BCUT2D eigenvalue weighted by atomic mass is 10.2. The Bertz CT molecular complexity index is 733. The first-order valence-corrected chi connectivity index (χ1v) is 9.47. The van der Waals surface area contributed by atoms with Crippen molar-refractivity contribution in [3.05, 3.63) is 57.6 Å². The van der Waals surface area contributed by atoms with Crippen LogP contribution in [0.3, 0.4) is 0 Å². The summed E-state index contributed by atoms with van der Waals surface area (Å²) >= 11 is 12.0. The molecule has 2 aromatic rings. The molecule has 1 aliphatic rings. The summed E-state index contributed by atoms with van der Waals surface area (Å²) in [6.45, 7) is 2.91. The summed E-state index contributed by atoms with van der Waals surface area (Å²) in [4.78, 5) is 0. The summed E-state index contributed by atoms with van der Waals surface area (Å²) in [5.41, 5.74) is 2.09. The summed E-state index contributed by atoms with van der Waals surface area (Å²) in [7, 11) is 1.64. The van der Waals surface area contributed by atoms with E-state index in [0.717, 1.165) is 43.7 Å². The summed E-state index contributed by atoms with van der Waals surface area (Å²) < 4.78 is 17.0. The molecule has 1 heterocycles. The van der Waals surface area contributed by atoms with Crippen molar-refractivity contribution in [1.82, 2.24) is 5.32 Å². The van der Waals surface area contributed by atoms with Crippen molar-refractivity contribution in [2.75, 3.05) is 20.3 Å². The van der Waals surface area contributed by atoms with Crippen LogP contribution in [-0.4, -0.2) is 26.4 Å². The second-order valence-corrected chi connectivity index (χ2v) is 7.10. The maximum atomic E-state index is 6.04. The van der Waals surface area contributed by atoms with Gasteiger partial charge in [0.15, 0.2) is 11.5 Å². The van der Waals surface area contributed by atoms with Crippen molar-refractivity contribution in [3.63, 3.8) is 0 Å². The molecule has 0 unspecified atom stereocenters. The molecule has 1 atom stereocenters.